The Labute approximate surface area is 160 Å². The normalized spacial score (nSPS) is 24.0. The summed E-state index contributed by atoms with van der Waals surface area (Å²) < 4.78 is 0. The van der Waals surface area contributed by atoms with Crippen molar-refractivity contribution in [3.63, 3.8) is 0 Å². The van der Waals surface area contributed by atoms with E-state index in [0.29, 0.717) is 0 Å². The van der Waals surface area contributed by atoms with E-state index in [4.69, 9.17) is 0 Å². The third-order valence-corrected chi connectivity index (χ3v) is 5.75. The number of hydrogen-bond acceptors (Lipinski definition) is 5. The van der Waals surface area contributed by atoms with Gasteiger partial charge in [0.15, 0.2) is 5.82 Å². The number of phenols is 1. The molecule has 142 valence electrons. The molecule has 0 amide bonds. The Balaban J connectivity index is 1.70. The van der Waals surface area contributed by atoms with E-state index in [1.54, 1.807) is 6.07 Å². The van der Waals surface area contributed by atoms with E-state index in [2.05, 4.69) is 22.1 Å². The molecule has 2 aromatic rings. The maximum Gasteiger partial charge on any atom is 0.152 e. The summed E-state index contributed by atoms with van der Waals surface area (Å²) >= 11 is 0. The summed E-state index contributed by atoms with van der Waals surface area (Å²) in [6.45, 7) is 7.73. The summed E-state index contributed by atoms with van der Waals surface area (Å²) in [7, 11) is 0. The van der Waals surface area contributed by atoms with Crippen LogP contribution < -0.4 is 5.32 Å². The molecule has 3 N–H and O–H groups in total. The molecular formula is C22H27N3O2. The molecule has 1 heterocycles. The van der Waals surface area contributed by atoms with Gasteiger partial charge in [0, 0.05) is 17.2 Å². The zero-order valence-corrected chi connectivity index (χ0v) is 16.0. The maximum atomic E-state index is 10.6. The predicted octanol–water partition coefficient (Wildman–Crippen LogP) is 4.09. The first-order chi connectivity index (χ1) is 12.8. The minimum absolute atomic E-state index is 0.216. The predicted molar refractivity (Wildman–Crippen MR) is 108 cm³/mol. The first-order valence-corrected chi connectivity index (χ1v) is 9.71. The molecule has 2 aliphatic carbocycles. The molecule has 2 aliphatic rings. The third kappa shape index (κ3) is 3.44. The molecule has 1 aromatic carbocycles. The fourth-order valence-electron chi connectivity index (χ4n) is 4.28. The van der Waals surface area contributed by atoms with Crippen molar-refractivity contribution in [2.75, 3.05) is 5.32 Å². The number of aliphatic hydroxyl groups is 1. The first kappa shape index (κ1) is 18.0. The third-order valence-electron chi connectivity index (χ3n) is 5.75. The van der Waals surface area contributed by atoms with E-state index in [1.165, 1.54) is 11.1 Å². The number of benzene rings is 1. The van der Waals surface area contributed by atoms with Crippen LogP contribution in [0.25, 0.3) is 16.8 Å². The van der Waals surface area contributed by atoms with Gasteiger partial charge in [-0.15, -0.1) is 10.2 Å². The van der Waals surface area contributed by atoms with Gasteiger partial charge >= 0.3 is 0 Å². The second-order valence-corrected chi connectivity index (χ2v) is 8.32. The van der Waals surface area contributed by atoms with Crippen LogP contribution >= 0.6 is 0 Å². The van der Waals surface area contributed by atoms with Crippen LogP contribution in [0.15, 0.2) is 24.8 Å². The number of hydrogen-bond donors (Lipinski definition) is 3. The highest BCUT2D eigenvalue weighted by atomic mass is 16.3. The lowest BCUT2D eigenvalue weighted by molar-refractivity contribution is -0.0235. The second kappa shape index (κ2) is 6.64. The molecule has 5 nitrogen and oxygen atoms in total. The summed E-state index contributed by atoms with van der Waals surface area (Å²) in [5.74, 6) is 1.06. The van der Waals surface area contributed by atoms with Gasteiger partial charge < -0.3 is 15.5 Å². The van der Waals surface area contributed by atoms with Crippen LogP contribution in [-0.4, -0.2) is 32.1 Å². The highest BCUT2D eigenvalue weighted by Crippen LogP contribution is 2.39. The van der Waals surface area contributed by atoms with Gasteiger partial charge in [0.2, 0.25) is 0 Å². The molecule has 0 aliphatic heterocycles. The van der Waals surface area contributed by atoms with E-state index in [-0.39, 0.29) is 11.8 Å². The maximum absolute atomic E-state index is 10.6. The fourth-order valence-corrected chi connectivity index (χ4v) is 4.28. The van der Waals surface area contributed by atoms with Crippen LogP contribution in [0.5, 0.6) is 5.75 Å². The van der Waals surface area contributed by atoms with Gasteiger partial charge in [-0.1, -0.05) is 18.2 Å². The van der Waals surface area contributed by atoms with Crippen LogP contribution in [0, 0.1) is 0 Å². The van der Waals surface area contributed by atoms with Crippen molar-refractivity contribution in [3.8, 4) is 17.0 Å². The second-order valence-electron chi connectivity index (χ2n) is 8.32. The highest BCUT2D eigenvalue weighted by Gasteiger charge is 2.39. The number of aromatic nitrogens is 2. The monoisotopic (exact) mass is 365 g/mol. The molecule has 0 saturated heterocycles. The van der Waals surface area contributed by atoms with Gasteiger partial charge in [-0.3, -0.25) is 0 Å². The SMILES string of the molecule is C=C(C)c1ccc(-c2nnc(NC3CC(C)(O)C3)c3c2CCCC3)c(O)c1. The van der Waals surface area contributed by atoms with Crippen LogP contribution in [0.1, 0.15) is 56.2 Å². The summed E-state index contributed by atoms with van der Waals surface area (Å²) in [5.41, 5.74) is 5.17. The molecule has 5 heteroatoms. The van der Waals surface area contributed by atoms with E-state index in [0.717, 1.165) is 66.7 Å². The Morgan fingerprint density at radius 3 is 2.52 bits per heavy atom. The van der Waals surface area contributed by atoms with Crippen molar-refractivity contribution in [2.24, 2.45) is 0 Å². The number of anilines is 1. The number of nitrogens with zero attached hydrogens (tertiary/aromatic N) is 2. The molecule has 0 unspecified atom stereocenters. The largest absolute Gasteiger partial charge is 0.507 e. The number of fused-ring (bicyclic) bond motifs is 1. The Hall–Kier alpha value is -2.40. The lowest BCUT2D eigenvalue weighted by Crippen LogP contribution is -2.48. The van der Waals surface area contributed by atoms with E-state index in [9.17, 15) is 10.2 Å². The van der Waals surface area contributed by atoms with Crippen molar-refractivity contribution in [1.82, 2.24) is 10.2 Å². The summed E-state index contributed by atoms with van der Waals surface area (Å²) in [4.78, 5) is 0. The van der Waals surface area contributed by atoms with E-state index < -0.39 is 5.60 Å². The Morgan fingerprint density at radius 1 is 1.19 bits per heavy atom. The standard InChI is InChI=1S/C22H27N3O2/c1-13(2)14-8-9-18(19(26)10-14)20-16-6-4-5-7-17(16)21(25-24-20)23-15-11-22(3,27)12-15/h8-10,15,26-27H,1,4-7,11-12H2,2-3H3,(H,23,25). The van der Waals surface area contributed by atoms with Gasteiger partial charge in [0.1, 0.15) is 11.4 Å². The molecule has 1 saturated carbocycles. The molecule has 0 bridgehead atoms. The molecule has 0 spiro atoms. The number of phenolic OH excluding ortho intramolecular Hbond substituents is 1. The van der Waals surface area contributed by atoms with E-state index in [1.807, 2.05) is 26.0 Å². The van der Waals surface area contributed by atoms with Gasteiger partial charge in [0.05, 0.1) is 5.60 Å². The minimum atomic E-state index is -0.568. The van der Waals surface area contributed by atoms with Crippen molar-refractivity contribution >= 4 is 11.4 Å². The van der Waals surface area contributed by atoms with Gasteiger partial charge in [-0.2, -0.15) is 0 Å². The van der Waals surface area contributed by atoms with Crippen LogP contribution in [0.3, 0.4) is 0 Å². The van der Waals surface area contributed by atoms with Crippen molar-refractivity contribution in [3.05, 3.63) is 41.5 Å². The molecular weight excluding hydrogens is 338 g/mol. The topological polar surface area (TPSA) is 78.3 Å². The van der Waals surface area contributed by atoms with E-state index >= 15 is 0 Å². The molecule has 27 heavy (non-hydrogen) atoms. The number of aromatic hydroxyl groups is 1. The molecule has 1 aromatic heterocycles. The fraction of sp³-hybridized carbons (Fsp3) is 0.455. The lowest BCUT2D eigenvalue weighted by atomic mass is 9.77. The average Bonchev–Trinajstić information content (AvgIpc) is 2.60. The number of rotatable bonds is 4. The molecule has 0 radical (unpaired) electrons. The number of allylic oxidation sites excluding steroid dienone is 1. The van der Waals surface area contributed by atoms with Crippen LogP contribution in [0.4, 0.5) is 5.82 Å². The van der Waals surface area contributed by atoms with Crippen LogP contribution in [-0.2, 0) is 12.8 Å². The summed E-state index contributed by atoms with van der Waals surface area (Å²) in [5, 5.41) is 33.0. The van der Waals surface area contributed by atoms with Gasteiger partial charge in [0.25, 0.3) is 0 Å². The Morgan fingerprint density at radius 2 is 1.89 bits per heavy atom. The Bertz CT molecular complexity index is 897. The van der Waals surface area contributed by atoms with Crippen molar-refractivity contribution < 1.29 is 10.2 Å². The first-order valence-electron chi connectivity index (χ1n) is 9.71. The smallest absolute Gasteiger partial charge is 0.152 e. The number of nitrogens with one attached hydrogen (secondary N) is 1. The Kier molecular flexibility index (Phi) is 4.42. The van der Waals surface area contributed by atoms with Gasteiger partial charge in [-0.05, 0) is 75.6 Å². The highest BCUT2D eigenvalue weighted by molar-refractivity contribution is 5.75. The van der Waals surface area contributed by atoms with Crippen LogP contribution in [0.2, 0.25) is 0 Å². The summed E-state index contributed by atoms with van der Waals surface area (Å²) in [6, 6.07) is 5.87. The van der Waals surface area contributed by atoms with Crippen molar-refractivity contribution in [2.45, 2.75) is 64.0 Å². The van der Waals surface area contributed by atoms with Crippen molar-refractivity contribution in [1.29, 1.82) is 0 Å². The average molecular weight is 365 g/mol. The summed E-state index contributed by atoms with van der Waals surface area (Å²) in [6.07, 6.45) is 5.62. The molecule has 1 fully saturated rings. The van der Waals surface area contributed by atoms with Gasteiger partial charge in [-0.25, -0.2) is 0 Å². The minimum Gasteiger partial charge on any atom is -0.507 e. The zero-order chi connectivity index (χ0) is 19.2. The quantitative estimate of drug-likeness (QED) is 0.761. The molecule has 4 rings (SSSR count). The lowest BCUT2D eigenvalue weighted by Gasteiger charge is -2.41. The molecule has 0 atom stereocenters. The zero-order valence-electron chi connectivity index (χ0n) is 16.0.